The average molecular weight is 230 g/mol. The van der Waals surface area contributed by atoms with Crippen molar-refractivity contribution < 1.29 is 9.90 Å². The van der Waals surface area contributed by atoms with Crippen molar-refractivity contribution in [3.63, 3.8) is 0 Å². The molecule has 1 aromatic rings. The van der Waals surface area contributed by atoms with Crippen LogP contribution in [0.4, 0.5) is 4.79 Å². The van der Waals surface area contributed by atoms with Gasteiger partial charge in [-0.2, -0.15) is 0 Å². The zero-order valence-corrected chi connectivity index (χ0v) is 10.6. The van der Waals surface area contributed by atoms with E-state index in [0.29, 0.717) is 0 Å². The number of rotatable bonds is 2. The molecule has 0 amide bonds. The van der Waals surface area contributed by atoms with Crippen LogP contribution in [0.25, 0.3) is 5.57 Å². The molecule has 0 bridgehead atoms. The molecule has 0 radical (unpaired) electrons. The van der Waals surface area contributed by atoms with Gasteiger partial charge in [-0.05, 0) is 30.6 Å². The minimum atomic E-state index is -1.90. The first-order valence-electron chi connectivity index (χ1n) is 5.29. The SMILES string of the molecule is CC1=C(C)[SiH](C(=O)O)C=C1c1ccccc1. The smallest absolute Gasteiger partial charge is 0.275 e. The van der Waals surface area contributed by atoms with Crippen LogP contribution in [-0.2, 0) is 0 Å². The molecule has 1 heterocycles. The van der Waals surface area contributed by atoms with Gasteiger partial charge in [-0.15, -0.1) is 0 Å². The predicted molar refractivity (Wildman–Crippen MR) is 68.0 cm³/mol. The molecule has 2 nitrogen and oxygen atoms in total. The van der Waals surface area contributed by atoms with Gasteiger partial charge in [0.25, 0.3) is 5.59 Å². The van der Waals surface area contributed by atoms with Gasteiger partial charge in [0, 0.05) is 0 Å². The van der Waals surface area contributed by atoms with E-state index < -0.39 is 14.4 Å². The molecule has 1 N–H and O–H groups in total. The number of hydrogen-bond acceptors (Lipinski definition) is 1. The van der Waals surface area contributed by atoms with E-state index in [-0.39, 0.29) is 0 Å². The molecule has 1 atom stereocenters. The summed E-state index contributed by atoms with van der Waals surface area (Å²) in [7, 11) is -1.90. The molecule has 1 aliphatic heterocycles. The highest BCUT2D eigenvalue weighted by Gasteiger charge is 2.28. The highest BCUT2D eigenvalue weighted by atomic mass is 28.3. The van der Waals surface area contributed by atoms with Gasteiger partial charge in [-0.3, -0.25) is 4.79 Å². The normalized spacial score (nSPS) is 19.9. The quantitative estimate of drug-likeness (QED) is 0.793. The Morgan fingerprint density at radius 3 is 2.31 bits per heavy atom. The molecule has 1 unspecified atom stereocenters. The lowest BCUT2D eigenvalue weighted by Crippen LogP contribution is -2.21. The molecule has 0 aromatic heterocycles. The van der Waals surface area contributed by atoms with Crippen LogP contribution in [-0.4, -0.2) is 19.5 Å². The van der Waals surface area contributed by atoms with Gasteiger partial charge in [0.05, 0.1) is 0 Å². The van der Waals surface area contributed by atoms with E-state index in [1.807, 2.05) is 49.9 Å². The molecule has 0 spiro atoms. The van der Waals surface area contributed by atoms with E-state index in [2.05, 4.69) is 0 Å². The van der Waals surface area contributed by atoms with Crippen LogP contribution >= 0.6 is 0 Å². The van der Waals surface area contributed by atoms with Gasteiger partial charge in [-0.25, -0.2) is 0 Å². The zero-order valence-electron chi connectivity index (χ0n) is 9.40. The highest BCUT2D eigenvalue weighted by Crippen LogP contribution is 2.32. The van der Waals surface area contributed by atoms with Crippen LogP contribution in [0.3, 0.4) is 0 Å². The zero-order chi connectivity index (χ0) is 11.7. The van der Waals surface area contributed by atoms with Gasteiger partial charge in [0.15, 0.2) is 0 Å². The lowest BCUT2D eigenvalue weighted by Gasteiger charge is -2.04. The van der Waals surface area contributed by atoms with Crippen LogP contribution in [0.1, 0.15) is 19.4 Å². The fraction of sp³-hybridized carbons (Fsp3) is 0.154. The van der Waals surface area contributed by atoms with E-state index in [1.165, 1.54) is 0 Å². The first kappa shape index (κ1) is 10.9. The molecule has 1 aromatic carbocycles. The van der Waals surface area contributed by atoms with Gasteiger partial charge in [0.1, 0.15) is 0 Å². The summed E-state index contributed by atoms with van der Waals surface area (Å²) in [5.74, 6) is 0. The van der Waals surface area contributed by atoms with Crippen molar-refractivity contribution in [2.24, 2.45) is 0 Å². The molecular formula is C13H14O2Si. The molecule has 2 rings (SSSR count). The Hall–Kier alpha value is -1.61. The maximum absolute atomic E-state index is 11.1. The summed E-state index contributed by atoms with van der Waals surface area (Å²) in [4.78, 5) is 11.1. The van der Waals surface area contributed by atoms with Crippen molar-refractivity contribution in [1.29, 1.82) is 0 Å². The second-order valence-electron chi connectivity index (χ2n) is 4.07. The molecule has 82 valence electrons. The Morgan fingerprint density at radius 2 is 1.81 bits per heavy atom. The Kier molecular flexibility index (Phi) is 2.79. The summed E-state index contributed by atoms with van der Waals surface area (Å²) < 4.78 is 0. The average Bonchev–Trinajstić information content (AvgIpc) is 2.58. The van der Waals surface area contributed by atoms with Crippen molar-refractivity contribution >= 4 is 20.0 Å². The fourth-order valence-electron chi connectivity index (χ4n) is 2.05. The second-order valence-corrected chi connectivity index (χ2v) is 6.72. The van der Waals surface area contributed by atoms with Crippen molar-refractivity contribution in [2.45, 2.75) is 13.8 Å². The van der Waals surface area contributed by atoms with E-state index in [4.69, 9.17) is 5.11 Å². The summed E-state index contributed by atoms with van der Waals surface area (Å²) in [6.45, 7) is 3.97. The first-order valence-corrected chi connectivity index (χ1v) is 7.11. The lowest BCUT2D eigenvalue weighted by molar-refractivity contribution is 0.219. The molecule has 0 saturated heterocycles. The molecule has 3 heteroatoms. The maximum atomic E-state index is 11.1. The number of carboxylic acid groups (broad SMARTS) is 1. The minimum absolute atomic E-state index is 0.636. The number of hydrogen-bond donors (Lipinski definition) is 1. The van der Waals surface area contributed by atoms with Crippen LogP contribution in [0.15, 0.2) is 46.8 Å². The van der Waals surface area contributed by atoms with Gasteiger partial charge in [0.2, 0.25) is 8.80 Å². The summed E-state index contributed by atoms with van der Waals surface area (Å²) >= 11 is 0. The third-order valence-electron chi connectivity index (χ3n) is 3.15. The van der Waals surface area contributed by atoms with E-state index >= 15 is 0 Å². The fourth-order valence-corrected chi connectivity index (χ4v) is 4.21. The Balaban J connectivity index is 2.45. The highest BCUT2D eigenvalue weighted by molar-refractivity contribution is 6.98. The van der Waals surface area contributed by atoms with Crippen LogP contribution in [0.2, 0.25) is 0 Å². The predicted octanol–water partition coefficient (Wildman–Crippen LogP) is 2.99. The van der Waals surface area contributed by atoms with Crippen molar-refractivity contribution in [1.82, 2.24) is 0 Å². The molecule has 0 fully saturated rings. The standard InChI is InChI=1S/C13H14O2Si/c1-9-10(2)16(13(14)15)8-12(9)11-6-4-3-5-7-11/h3-8,16H,1-2H3,(H,14,15). The first-order chi connectivity index (χ1) is 7.61. The minimum Gasteiger partial charge on any atom is -0.485 e. The van der Waals surface area contributed by atoms with Gasteiger partial charge >= 0.3 is 0 Å². The van der Waals surface area contributed by atoms with E-state index in [1.54, 1.807) is 0 Å². The Bertz CT molecular complexity index is 486. The Morgan fingerprint density at radius 1 is 1.19 bits per heavy atom. The molecule has 1 aliphatic rings. The molecular weight excluding hydrogens is 216 g/mol. The molecule has 0 saturated carbocycles. The van der Waals surface area contributed by atoms with Crippen molar-refractivity contribution in [3.05, 3.63) is 52.4 Å². The maximum Gasteiger partial charge on any atom is 0.275 e. The lowest BCUT2D eigenvalue weighted by atomic mass is 10.0. The van der Waals surface area contributed by atoms with Gasteiger partial charge in [-0.1, -0.05) is 41.2 Å². The van der Waals surface area contributed by atoms with Gasteiger partial charge < -0.3 is 5.11 Å². The topological polar surface area (TPSA) is 37.3 Å². The largest absolute Gasteiger partial charge is 0.485 e. The summed E-state index contributed by atoms with van der Waals surface area (Å²) in [6.07, 6.45) is 0. The summed E-state index contributed by atoms with van der Waals surface area (Å²) in [5, 5.41) is 10.2. The third-order valence-corrected chi connectivity index (χ3v) is 5.71. The van der Waals surface area contributed by atoms with E-state index in [0.717, 1.165) is 21.9 Å². The monoisotopic (exact) mass is 230 g/mol. The number of allylic oxidation sites excluding steroid dienone is 3. The molecule has 16 heavy (non-hydrogen) atoms. The van der Waals surface area contributed by atoms with Crippen LogP contribution < -0.4 is 0 Å². The van der Waals surface area contributed by atoms with Crippen LogP contribution in [0.5, 0.6) is 0 Å². The summed E-state index contributed by atoms with van der Waals surface area (Å²) in [5.41, 5.74) is 4.71. The van der Waals surface area contributed by atoms with Crippen molar-refractivity contribution in [2.75, 3.05) is 0 Å². The Labute approximate surface area is 96.5 Å². The summed E-state index contributed by atoms with van der Waals surface area (Å²) in [6, 6.07) is 9.99. The molecule has 0 aliphatic carbocycles. The third kappa shape index (κ3) is 1.74. The second kappa shape index (κ2) is 4.10. The number of benzene rings is 1. The van der Waals surface area contributed by atoms with Crippen molar-refractivity contribution in [3.8, 4) is 0 Å². The van der Waals surface area contributed by atoms with E-state index in [9.17, 15) is 4.79 Å². The van der Waals surface area contributed by atoms with Crippen LogP contribution in [0, 0.1) is 0 Å². The number of carbonyl (C=O) groups is 1.